The van der Waals surface area contributed by atoms with Gasteiger partial charge >= 0.3 is 18.2 Å². The maximum atomic E-state index is 14.0. The second kappa shape index (κ2) is 19.0. The highest BCUT2D eigenvalue weighted by atomic mass is 28.3. The molecule has 0 radical (unpaired) electrons. The van der Waals surface area contributed by atoms with Crippen LogP contribution in [0.25, 0.3) is 11.0 Å². The van der Waals surface area contributed by atoms with Crippen molar-refractivity contribution in [1.82, 2.24) is 19.4 Å². The fraction of sp³-hybridized carbons (Fsp3) is 0.757. The van der Waals surface area contributed by atoms with Gasteiger partial charge < -0.3 is 29.2 Å². The van der Waals surface area contributed by atoms with E-state index in [0.717, 1.165) is 68.2 Å². The van der Waals surface area contributed by atoms with Crippen LogP contribution < -0.4 is 15.0 Å². The van der Waals surface area contributed by atoms with Crippen molar-refractivity contribution in [3.63, 3.8) is 0 Å². The quantitative estimate of drug-likeness (QED) is 0.0904. The van der Waals surface area contributed by atoms with E-state index in [-0.39, 0.29) is 18.6 Å². The van der Waals surface area contributed by atoms with Crippen molar-refractivity contribution in [3.05, 3.63) is 5.56 Å². The first-order valence-electron chi connectivity index (χ1n) is 18.8. The summed E-state index contributed by atoms with van der Waals surface area (Å²) in [6.45, 7) is 23.4. The molecule has 0 bridgehead atoms. The number of aryl methyl sites for hydroxylation is 1. The van der Waals surface area contributed by atoms with Gasteiger partial charge in [-0.1, -0.05) is 45.8 Å². The Morgan fingerprint density at radius 2 is 1.55 bits per heavy atom. The van der Waals surface area contributed by atoms with Gasteiger partial charge in [-0.3, -0.25) is 9.36 Å². The summed E-state index contributed by atoms with van der Waals surface area (Å²) in [4.78, 5) is 53.0. The number of hydrogen-bond donors (Lipinski definition) is 1. The van der Waals surface area contributed by atoms with Crippen LogP contribution in [0.3, 0.4) is 0 Å². The molecule has 1 aliphatic rings. The summed E-state index contributed by atoms with van der Waals surface area (Å²) in [6.07, 6.45) is 7.62. The Morgan fingerprint density at radius 1 is 0.902 bits per heavy atom. The lowest BCUT2D eigenvalue weighted by Gasteiger charge is -2.28. The van der Waals surface area contributed by atoms with E-state index in [1.807, 2.05) is 0 Å². The molecule has 3 heterocycles. The topological polar surface area (TPSA) is 137 Å². The third kappa shape index (κ3) is 13.7. The highest BCUT2D eigenvalue weighted by molar-refractivity contribution is 6.76. The minimum atomic E-state index is -1.42. The number of unbranched alkanes of at least 4 members (excludes halogenated alkanes) is 3. The highest BCUT2D eigenvalue weighted by Crippen LogP contribution is 2.38. The number of likely N-dealkylation sites (tertiary alicyclic amines) is 1. The number of aromatic nitrogens is 3. The first-order valence-corrected chi connectivity index (χ1v) is 22.5. The standard InChI is InChI=1S/C37H64N6O7Si/c1-11-12-23-48-33-39-29-28(19-15-13-16-20-41-21-17-14-18-22-41)31(38-26-44)42(27-47-24-25-51(8,9)10)30(29)32(40-33)43(34(45)49-36(2,3)4)35(46)50-37(5,6)7/h26H,11-25,27H2,1-10H3,(H,38,44). The van der Waals surface area contributed by atoms with Crippen LogP contribution >= 0.6 is 0 Å². The number of nitrogens with one attached hydrogen (secondary N) is 1. The summed E-state index contributed by atoms with van der Waals surface area (Å²) in [6, 6.07) is 0.927. The number of rotatable bonds is 18. The van der Waals surface area contributed by atoms with Gasteiger partial charge in [0.15, 0.2) is 5.82 Å². The van der Waals surface area contributed by atoms with Crippen LogP contribution in [0, 0.1) is 0 Å². The molecule has 13 nitrogen and oxygen atoms in total. The maximum Gasteiger partial charge on any atom is 0.425 e. The van der Waals surface area contributed by atoms with Crippen molar-refractivity contribution >= 4 is 49.3 Å². The molecule has 288 valence electrons. The number of piperidine rings is 1. The van der Waals surface area contributed by atoms with Crippen molar-refractivity contribution < 1.29 is 33.3 Å². The van der Waals surface area contributed by atoms with Crippen molar-refractivity contribution in [1.29, 1.82) is 0 Å². The van der Waals surface area contributed by atoms with Gasteiger partial charge in [-0.25, -0.2) is 9.59 Å². The molecule has 1 fully saturated rings. The van der Waals surface area contributed by atoms with Gasteiger partial charge in [0, 0.05) is 20.2 Å². The first-order chi connectivity index (χ1) is 23.9. The fourth-order valence-electron chi connectivity index (χ4n) is 5.78. The molecule has 0 aliphatic carbocycles. The van der Waals surface area contributed by atoms with E-state index in [1.165, 1.54) is 19.3 Å². The summed E-state index contributed by atoms with van der Waals surface area (Å²) in [5, 5.41) is 2.90. The van der Waals surface area contributed by atoms with E-state index in [1.54, 1.807) is 46.1 Å². The van der Waals surface area contributed by atoms with Crippen LogP contribution in [0.2, 0.25) is 25.7 Å². The molecule has 3 amide bonds. The molecular weight excluding hydrogens is 669 g/mol. The van der Waals surface area contributed by atoms with E-state index >= 15 is 0 Å². The number of carbonyl (C=O) groups excluding carboxylic acids is 3. The van der Waals surface area contributed by atoms with Crippen LogP contribution in [-0.2, 0) is 32.2 Å². The zero-order valence-electron chi connectivity index (χ0n) is 33.0. The summed E-state index contributed by atoms with van der Waals surface area (Å²) in [5.41, 5.74) is -0.334. The Kier molecular flexibility index (Phi) is 15.7. The Hall–Kier alpha value is -3.23. The molecule has 1 N–H and O–H groups in total. The molecule has 14 heteroatoms. The van der Waals surface area contributed by atoms with Gasteiger partial charge in [-0.05, 0) is 106 Å². The third-order valence-electron chi connectivity index (χ3n) is 8.31. The van der Waals surface area contributed by atoms with Gasteiger partial charge in [-0.15, -0.1) is 0 Å². The molecule has 0 spiro atoms. The van der Waals surface area contributed by atoms with E-state index in [0.29, 0.717) is 42.9 Å². The van der Waals surface area contributed by atoms with Gasteiger partial charge in [0.05, 0.1) is 6.61 Å². The number of nitrogens with zero attached hydrogens (tertiary/aromatic N) is 5. The lowest BCUT2D eigenvalue weighted by atomic mass is 10.1. The Morgan fingerprint density at radius 3 is 2.12 bits per heavy atom. The van der Waals surface area contributed by atoms with Crippen LogP contribution in [0.1, 0.15) is 105 Å². The molecule has 1 saturated heterocycles. The molecule has 0 atom stereocenters. The van der Waals surface area contributed by atoms with Crippen LogP contribution in [0.4, 0.5) is 21.2 Å². The zero-order valence-corrected chi connectivity index (χ0v) is 34.0. The minimum absolute atomic E-state index is 0.00358. The number of fused-ring (bicyclic) bond motifs is 1. The number of ether oxygens (including phenoxy) is 4. The minimum Gasteiger partial charge on any atom is -0.463 e. The van der Waals surface area contributed by atoms with Gasteiger partial charge in [0.25, 0.3) is 0 Å². The van der Waals surface area contributed by atoms with Crippen molar-refractivity contribution in [2.24, 2.45) is 0 Å². The number of amides is 3. The lowest BCUT2D eigenvalue weighted by Crippen LogP contribution is -2.44. The molecule has 3 rings (SSSR count). The van der Waals surface area contributed by atoms with Crippen molar-refractivity contribution in [2.45, 2.75) is 150 Å². The van der Waals surface area contributed by atoms with Crippen molar-refractivity contribution in [2.75, 3.05) is 43.1 Å². The maximum absolute atomic E-state index is 14.0. The normalized spacial score (nSPS) is 14.4. The van der Waals surface area contributed by atoms with Gasteiger partial charge in [0.1, 0.15) is 34.8 Å². The second-order valence-corrected chi connectivity index (χ2v) is 22.2. The summed E-state index contributed by atoms with van der Waals surface area (Å²) in [5.74, 6) is 0.396. The average Bonchev–Trinajstić information content (AvgIpc) is 3.29. The van der Waals surface area contributed by atoms with Crippen LogP contribution in [0.15, 0.2) is 0 Å². The molecule has 51 heavy (non-hydrogen) atoms. The van der Waals surface area contributed by atoms with Gasteiger partial charge in [0.2, 0.25) is 6.41 Å². The number of carbonyl (C=O) groups is 3. The molecule has 1 aliphatic heterocycles. The van der Waals surface area contributed by atoms with Crippen LogP contribution in [0.5, 0.6) is 6.01 Å². The predicted molar refractivity (Wildman–Crippen MR) is 205 cm³/mol. The van der Waals surface area contributed by atoms with Gasteiger partial charge in [-0.2, -0.15) is 14.9 Å². The van der Waals surface area contributed by atoms with E-state index in [9.17, 15) is 14.4 Å². The largest absolute Gasteiger partial charge is 0.463 e. The Bertz CT molecular complexity index is 1410. The number of hydrogen-bond acceptors (Lipinski definition) is 10. The molecule has 2 aromatic heterocycles. The third-order valence-corrected chi connectivity index (χ3v) is 10.0. The summed E-state index contributed by atoms with van der Waals surface area (Å²) >= 11 is 0. The van der Waals surface area contributed by atoms with E-state index in [4.69, 9.17) is 23.9 Å². The van der Waals surface area contributed by atoms with E-state index < -0.39 is 31.5 Å². The SMILES string of the molecule is CCCCOc1nc(N(C(=O)OC(C)(C)C)C(=O)OC(C)(C)C)c2c(n1)c(CCCCCN1CCCCC1)c(NC=O)n2COCC[Si](C)(C)C. The van der Waals surface area contributed by atoms with Crippen molar-refractivity contribution in [3.8, 4) is 6.01 Å². The molecule has 0 unspecified atom stereocenters. The monoisotopic (exact) mass is 732 g/mol. The highest BCUT2D eigenvalue weighted by Gasteiger charge is 2.37. The smallest absolute Gasteiger partial charge is 0.425 e. The predicted octanol–water partition coefficient (Wildman–Crippen LogP) is 8.37. The molecule has 2 aromatic rings. The summed E-state index contributed by atoms with van der Waals surface area (Å²) in [7, 11) is -1.42. The van der Waals surface area contributed by atoms with Crippen LogP contribution in [-0.4, -0.2) is 90.2 Å². The fourth-order valence-corrected chi connectivity index (χ4v) is 6.53. The second-order valence-electron chi connectivity index (χ2n) is 16.6. The summed E-state index contributed by atoms with van der Waals surface area (Å²) < 4.78 is 25.5. The Balaban J connectivity index is 2.22. The number of anilines is 2. The zero-order chi connectivity index (χ0) is 37.8. The Labute approximate surface area is 306 Å². The lowest BCUT2D eigenvalue weighted by molar-refractivity contribution is -0.105. The average molecular weight is 733 g/mol. The van der Waals surface area contributed by atoms with E-state index in [2.05, 4.69) is 41.8 Å². The molecule has 0 aromatic carbocycles. The number of imide groups is 1. The first kappa shape index (κ1) is 42.2. The molecular formula is C37H64N6O7Si. The molecule has 0 saturated carbocycles.